The Morgan fingerprint density at radius 3 is 2.38 bits per heavy atom. The highest BCUT2D eigenvalue weighted by atomic mass is 19.1. The number of aliphatic hydroxyl groups is 1. The molecule has 5 rings (SSSR count). The first-order valence-electron chi connectivity index (χ1n) is 20.3. The van der Waals surface area contributed by atoms with Gasteiger partial charge in [-0.15, -0.1) is 5.10 Å². The van der Waals surface area contributed by atoms with E-state index >= 15 is 4.39 Å². The summed E-state index contributed by atoms with van der Waals surface area (Å²) in [7, 11) is 5.00. The lowest BCUT2D eigenvalue weighted by Crippen LogP contribution is -2.61. The number of alkyl halides is 1. The Morgan fingerprint density at radius 2 is 1.75 bits per heavy atom. The first kappa shape index (κ1) is 46.5. The van der Waals surface area contributed by atoms with Crippen LogP contribution in [-0.2, 0) is 44.6 Å². The highest BCUT2D eigenvalue weighted by molar-refractivity contribution is 6.08. The molecule has 0 aliphatic carbocycles. The number of amides is 1. The van der Waals surface area contributed by atoms with Crippen LogP contribution in [0.3, 0.4) is 0 Å². The number of hydrogen-bond donors (Lipinski definition) is 2. The van der Waals surface area contributed by atoms with Gasteiger partial charge in [0.1, 0.15) is 30.2 Å². The van der Waals surface area contributed by atoms with Crippen molar-refractivity contribution in [2.75, 3.05) is 33.5 Å². The molecule has 0 radical (unpaired) electrons. The second-order valence-electron chi connectivity index (χ2n) is 17.2. The summed E-state index contributed by atoms with van der Waals surface area (Å²) in [4.78, 5) is 64.0. The molecule has 3 aliphatic heterocycles. The monoisotopic (exact) mass is 841 g/mol. The normalized spacial score (nSPS) is 36.9. The van der Waals surface area contributed by atoms with Gasteiger partial charge >= 0.3 is 12.1 Å². The molecule has 1 amide bonds. The van der Waals surface area contributed by atoms with Crippen molar-refractivity contribution in [1.29, 1.82) is 0 Å². The van der Waals surface area contributed by atoms with Crippen molar-refractivity contribution in [2.45, 2.75) is 141 Å². The number of aliphatic hydroxyl groups excluding tert-OH is 1. The molecule has 330 valence electrons. The minimum absolute atomic E-state index is 0.0357. The van der Waals surface area contributed by atoms with Gasteiger partial charge in [-0.1, -0.05) is 44.7 Å². The van der Waals surface area contributed by atoms with E-state index in [0.29, 0.717) is 23.5 Å². The third-order valence-electron chi connectivity index (χ3n) is 12.4. The standard InChI is InChI=1S/C42H60FN7O10/c1-12-31-42(8)34(50(39(55)60-42)18-14-13-17-49-22-29(46-47-49)28-20-27(44)15-16-45-28)25(4)32(51)23(2)21-40(6,56-11)36(26(5)35(53)41(7,43)38(54)58-31)59-37-33(52)30(48(9)10)19-24(3)57-37/h15-16,20,22-26,30-31,33-34,36-37,52H,12,17-19,21H2,1-11H3,(H2,44,45)/t23-,24?,25+,26+,30?,31-,33?,34-,36-,37+,40-,41+,42-/m1/s1. The average molecular weight is 842 g/mol. The number of ketones is 2. The van der Waals surface area contributed by atoms with Crippen molar-refractivity contribution in [2.24, 2.45) is 17.8 Å². The van der Waals surface area contributed by atoms with Crippen LogP contribution in [0, 0.1) is 29.6 Å². The van der Waals surface area contributed by atoms with Crippen molar-refractivity contribution in [1.82, 2.24) is 29.8 Å². The van der Waals surface area contributed by atoms with Crippen molar-refractivity contribution in [3.8, 4) is 23.2 Å². The zero-order chi connectivity index (χ0) is 44.5. The molecule has 17 nitrogen and oxygen atoms in total. The summed E-state index contributed by atoms with van der Waals surface area (Å²) in [5.41, 5.74) is 1.04. The Morgan fingerprint density at radius 1 is 1.07 bits per heavy atom. The largest absolute Gasteiger partial charge is 0.455 e. The molecule has 13 atom stereocenters. The second kappa shape index (κ2) is 18.2. The molecule has 3 unspecified atom stereocenters. The van der Waals surface area contributed by atoms with E-state index in [1.807, 2.05) is 25.9 Å². The van der Waals surface area contributed by atoms with Gasteiger partial charge in [-0.05, 0) is 73.2 Å². The number of carbonyl (C=O) groups is 4. The second-order valence-corrected chi connectivity index (χ2v) is 17.2. The summed E-state index contributed by atoms with van der Waals surface area (Å²) in [5, 5.41) is 19.6. The lowest BCUT2D eigenvalue weighted by Gasteiger charge is -2.47. The smallest absolute Gasteiger partial charge is 0.411 e. The predicted molar refractivity (Wildman–Crippen MR) is 215 cm³/mol. The lowest BCUT2D eigenvalue weighted by molar-refractivity contribution is -0.295. The first-order chi connectivity index (χ1) is 28.1. The summed E-state index contributed by atoms with van der Waals surface area (Å²) in [6.45, 7) is 12.1. The number of aromatic nitrogens is 4. The Kier molecular flexibility index (Phi) is 14.1. The van der Waals surface area contributed by atoms with Crippen LogP contribution in [0.4, 0.5) is 14.9 Å². The average Bonchev–Trinajstić information content (AvgIpc) is 3.78. The van der Waals surface area contributed by atoms with E-state index in [2.05, 4.69) is 27.1 Å². The lowest BCUT2D eigenvalue weighted by atomic mass is 9.73. The highest BCUT2D eigenvalue weighted by Gasteiger charge is 2.61. The van der Waals surface area contributed by atoms with E-state index in [1.165, 1.54) is 30.5 Å². The van der Waals surface area contributed by atoms with Crippen LogP contribution in [0.1, 0.15) is 74.7 Å². The summed E-state index contributed by atoms with van der Waals surface area (Å²) >= 11 is 0. The van der Waals surface area contributed by atoms with Crippen molar-refractivity contribution < 1.29 is 52.4 Å². The van der Waals surface area contributed by atoms with Crippen molar-refractivity contribution >= 4 is 29.3 Å². The van der Waals surface area contributed by atoms with Gasteiger partial charge in [0.25, 0.3) is 5.67 Å². The number of likely N-dealkylation sites (N-methyl/N-ethyl adjacent to an activating group) is 1. The van der Waals surface area contributed by atoms with E-state index in [0.717, 1.165) is 6.92 Å². The number of ether oxygens (including phenoxy) is 5. The first-order valence-corrected chi connectivity index (χ1v) is 20.3. The third-order valence-corrected chi connectivity index (χ3v) is 12.4. The summed E-state index contributed by atoms with van der Waals surface area (Å²) in [5.74, 6) is -0.151. The van der Waals surface area contributed by atoms with Gasteiger partial charge in [0.05, 0.1) is 42.3 Å². The van der Waals surface area contributed by atoms with Crippen LogP contribution in [0.5, 0.6) is 0 Å². The Hall–Kier alpha value is -4.54. The molecule has 3 N–H and O–H groups in total. The topological polar surface area (TPSA) is 211 Å². The van der Waals surface area contributed by atoms with Crippen LogP contribution < -0.4 is 5.73 Å². The molecule has 18 heteroatoms. The zero-order valence-corrected chi connectivity index (χ0v) is 36.4. The van der Waals surface area contributed by atoms with E-state index in [-0.39, 0.29) is 43.9 Å². The number of methoxy groups -OCH3 is 1. The SMILES string of the molecule is CC[C@H]1OC(=O)[C@@](C)(F)C(=O)[C@H](C)[C@@H](O[C@@H]2OC(C)CC(N(C)C)C2O)[C@](C)(OC)C[C@@H](C)C(=O)[C@H](C)[C@H]2N(CC#CCn3cc(-c4cc(N)ccn4)nn3)C(=O)O[C@]12C. The molecule has 0 aromatic carbocycles. The van der Waals surface area contributed by atoms with E-state index in [1.54, 1.807) is 52.2 Å². The number of rotatable bonds is 8. The Balaban J connectivity index is 1.49. The molecule has 3 saturated heterocycles. The van der Waals surface area contributed by atoms with Crippen LogP contribution in [0.2, 0.25) is 0 Å². The van der Waals surface area contributed by atoms with Gasteiger partial charge in [-0.2, -0.15) is 0 Å². The number of Topliss-reactive ketones (excluding diaryl/α,β-unsaturated/α-hetero) is 2. The van der Waals surface area contributed by atoms with Crippen LogP contribution in [0.15, 0.2) is 24.5 Å². The fraction of sp³-hybridized carbons (Fsp3) is 0.690. The number of nitrogen functional groups attached to an aromatic ring is 1. The summed E-state index contributed by atoms with van der Waals surface area (Å²) in [6.07, 6.45) is -2.55. The molecule has 0 saturated carbocycles. The predicted octanol–water partition coefficient (Wildman–Crippen LogP) is 3.22. The fourth-order valence-electron chi connectivity index (χ4n) is 9.00. The maximum atomic E-state index is 16.9. The summed E-state index contributed by atoms with van der Waals surface area (Å²) in [6, 6.07) is 1.89. The van der Waals surface area contributed by atoms with E-state index in [4.69, 9.17) is 29.4 Å². The number of nitrogens with zero attached hydrogens (tertiary/aromatic N) is 6. The highest BCUT2D eigenvalue weighted by Crippen LogP contribution is 2.43. The maximum Gasteiger partial charge on any atom is 0.411 e. The molecule has 2 aromatic heterocycles. The van der Waals surface area contributed by atoms with Gasteiger partial charge in [0.2, 0.25) is 0 Å². The molecular formula is C42H60FN7O10. The number of anilines is 1. The molecular weight excluding hydrogens is 781 g/mol. The van der Waals surface area contributed by atoms with Gasteiger partial charge in [0, 0.05) is 42.8 Å². The maximum absolute atomic E-state index is 16.9. The van der Waals surface area contributed by atoms with Gasteiger partial charge in [-0.3, -0.25) is 19.5 Å². The van der Waals surface area contributed by atoms with Crippen molar-refractivity contribution in [3.05, 3.63) is 24.5 Å². The van der Waals surface area contributed by atoms with Crippen LogP contribution in [-0.4, -0.2) is 146 Å². The molecule has 3 fully saturated rings. The van der Waals surface area contributed by atoms with Gasteiger partial charge in [0.15, 0.2) is 17.7 Å². The number of halogens is 1. The molecule has 0 spiro atoms. The van der Waals surface area contributed by atoms with Crippen LogP contribution in [0.25, 0.3) is 11.4 Å². The fourth-order valence-corrected chi connectivity index (χ4v) is 9.00. The quantitative estimate of drug-likeness (QED) is 0.222. The minimum Gasteiger partial charge on any atom is -0.455 e. The molecule has 0 bridgehead atoms. The van der Waals surface area contributed by atoms with Crippen LogP contribution >= 0.6 is 0 Å². The minimum atomic E-state index is -3.21. The molecule has 2 aromatic rings. The molecule has 5 heterocycles. The van der Waals surface area contributed by atoms with E-state index < -0.39 is 83.1 Å². The van der Waals surface area contributed by atoms with E-state index in [9.17, 15) is 24.3 Å². The van der Waals surface area contributed by atoms with Gasteiger partial charge in [-0.25, -0.2) is 18.7 Å². The number of pyridine rings is 1. The number of cyclic esters (lactones) is 1. The molecule has 60 heavy (non-hydrogen) atoms. The number of esters is 1. The number of nitrogens with two attached hydrogens (primary N) is 1. The Bertz CT molecular complexity index is 1970. The number of hydrogen-bond acceptors (Lipinski definition) is 15. The third kappa shape index (κ3) is 9.20. The zero-order valence-electron chi connectivity index (χ0n) is 36.4. The number of fused-ring (bicyclic) bond motifs is 1. The van der Waals surface area contributed by atoms with Crippen molar-refractivity contribution in [3.63, 3.8) is 0 Å². The van der Waals surface area contributed by atoms with Gasteiger partial charge < -0.3 is 39.4 Å². The summed E-state index contributed by atoms with van der Waals surface area (Å²) < 4.78 is 48.8. The number of carbonyl (C=O) groups excluding carboxylic acids is 4. The Labute approximate surface area is 350 Å². The molecule has 3 aliphatic rings.